The predicted octanol–water partition coefficient (Wildman–Crippen LogP) is 0.464. The fraction of sp³-hybridized carbons (Fsp3) is 0.840. The number of hydrogen-bond acceptors (Lipinski definition) is 8. The SMILES string of the molecule is C=C(CC(CCF)C(F)(F)F)C(C)N(C)C(=O)N1C(C(C)C)C(O)(O)C(N2CCN(C=O)CC2)C(O)(O)C1(C)O. The molecular weight excluding hydrogens is 544 g/mol. The molecule has 2 aliphatic rings. The quantitative estimate of drug-likeness (QED) is 0.113. The molecule has 2 heterocycles. The summed E-state index contributed by atoms with van der Waals surface area (Å²) in [5.41, 5.74) is -2.91. The number of nitrogens with zero attached hydrogens (tertiary/aromatic N) is 4. The minimum absolute atomic E-state index is 0.00000138. The van der Waals surface area contributed by atoms with Crippen LogP contribution in [-0.4, -0.2) is 139 Å². The van der Waals surface area contributed by atoms with E-state index in [1.807, 2.05) is 0 Å². The van der Waals surface area contributed by atoms with Gasteiger partial charge in [-0.2, -0.15) is 13.2 Å². The number of likely N-dealkylation sites (N-methyl/N-ethyl adjacent to an activating group) is 1. The molecule has 0 bridgehead atoms. The molecule has 2 fully saturated rings. The van der Waals surface area contributed by atoms with Crippen LogP contribution < -0.4 is 0 Å². The molecule has 5 N–H and O–H groups in total. The Balaban J connectivity index is 2.45. The number of amides is 3. The van der Waals surface area contributed by atoms with E-state index in [0.29, 0.717) is 11.3 Å². The van der Waals surface area contributed by atoms with Crippen molar-refractivity contribution < 1.29 is 52.7 Å². The van der Waals surface area contributed by atoms with Crippen molar-refractivity contribution in [3.63, 3.8) is 0 Å². The Hall–Kier alpha value is -2.04. The summed E-state index contributed by atoms with van der Waals surface area (Å²) in [4.78, 5) is 29.0. The van der Waals surface area contributed by atoms with E-state index in [1.165, 1.54) is 37.6 Å². The van der Waals surface area contributed by atoms with Crippen LogP contribution >= 0.6 is 0 Å². The third kappa shape index (κ3) is 6.23. The summed E-state index contributed by atoms with van der Waals surface area (Å²) in [6, 6.07) is -5.80. The normalized spacial score (nSPS) is 28.8. The largest absolute Gasteiger partial charge is 0.392 e. The van der Waals surface area contributed by atoms with E-state index in [4.69, 9.17) is 0 Å². The Kier molecular flexibility index (Phi) is 10.3. The number of rotatable bonds is 9. The number of hydrogen-bond donors (Lipinski definition) is 5. The van der Waals surface area contributed by atoms with Gasteiger partial charge in [-0.25, -0.2) is 4.79 Å². The lowest BCUT2D eigenvalue weighted by Crippen LogP contribution is -2.87. The summed E-state index contributed by atoms with van der Waals surface area (Å²) in [5.74, 6) is -9.16. The summed E-state index contributed by atoms with van der Waals surface area (Å²) < 4.78 is 52.8. The second-order valence-electron chi connectivity index (χ2n) is 11.3. The summed E-state index contributed by atoms with van der Waals surface area (Å²) in [6.45, 7) is 8.00. The number of piperidine rings is 1. The fourth-order valence-electron chi connectivity index (χ4n) is 5.68. The zero-order valence-electron chi connectivity index (χ0n) is 23.5. The molecule has 2 rings (SSSR count). The Morgan fingerprint density at radius 2 is 1.62 bits per heavy atom. The van der Waals surface area contributed by atoms with Crippen LogP contribution in [0.15, 0.2) is 12.2 Å². The van der Waals surface area contributed by atoms with Gasteiger partial charge in [-0.05, 0) is 32.6 Å². The predicted molar refractivity (Wildman–Crippen MR) is 135 cm³/mol. The van der Waals surface area contributed by atoms with E-state index < -0.39 is 79.0 Å². The molecule has 11 nitrogen and oxygen atoms in total. The molecule has 0 aliphatic carbocycles. The summed E-state index contributed by atoms with van der Waals surface area (Å²) in [5, 5.41) is 56.9. The number of aliphatic hydroxyl groups is 5. The molecule has 40 heavy (non-hydrogen) atoms. The van der Waals surface area contributed by atoms with Crippen molar-refractivity contribution in [1.29, 1.82) is 0 Å². The van der Waals surface area contributed by atoms with Gasteiger partial charge in [-0.15, -0.1) is 0 Å². The van der Waals surface area contributed by atoms with Crippen molar-refractivity contribution in [2.45, 2.75) is 82.1 Å². The second-order valence-corrected chi connectivity index (χ2v) is 11.3. The van der Waals surface area contributed by atoms with Crippen molar-refractivity contribution in [1.82, 2.24) is 19.6 Å². The van der Waals surface area contributed by atoms with Crippen molar-refractivity contribution in [3.05, 3.63) is 12.2 Å². The van der Waals surface area contributed by atoms with Gasteiger partial charge in [0, 0.05) is 33.2 Å². The molecule has 0 aromatic heterocycles. The topological polar surface area (TPSA) is 148 Å². The highest BCUT2D eigenvalue weighted by Crippen LogP contribution is 2.46. The van der Waals surface area contributed by atoms with E-state index in [9.17, 15) is 52.7 Å². The number of alkyl halides is 4. The number of likely N-dealkylation sites (tertiary alicyclic amines) is 1. The standard InChI is InChI=1S/C25H42F4N4O7/c1-15(2)19-23(37,38)20(32-11-9-31(14-34)10-12-32)24(39,40)22(5,36)33(19)21(35)30(6)17(4)16(3)13-18(7-8-26)25(27,28)29/h14-15,17-20,36-40H,3,7-13H2,1-2,4-6H3. The lowest BCUT2D eigenvalue weighted by atomic mass is 9.74. The van der Waals surface area contributed by atoms with E-state index in [2.05, 4.69) is 6.58 Å². The van der Waals surface area contributed by atoms with Crippen LogP contribution in [0.4, 0.5) is 22.4 Å². The summed E-state index contributed by atoms with van der Waals surface area (Å²) in [7, 11) is 1.18. The summed E-state index contributed by atoms with van der Waals surface area (Å²) >= 11 is 0. The van der Waals surface area contributed by atoms with Gasteiger partial charge in [0.15, 0.2) is 5.72 Å². The van der Waals surface area contributed by atoms with Gasteiger partial charge in [0.05, 0.1) is 24.7 Å². The van der Waals surface area contributed by atoms with Crippen molar-refractivity contribution in [2.24, 2.45) is 11.8 Å². The molecule has 0 saturated carbocycles. The molecule has 5 atom stereocenters. The first kappa shape index (κ1) is 34.2. The Labute approximate surface area is 231 Å². The first-order chi connectivity index (χ1) is 18.2. The molecule has 2 aliphatic heterocycles. The highest BCUT2D eigenvalue weighted by atomic mass is 19.4. The molecule has 5 unspecified atom stereocenters. The molecule has 3 amide bonds. The molecule has 15 heteroatoms. The zero-order chi connectivity index (χ0) is 31.0. The summed E-state index contributed by atoms with van der Waals surface area (Å²) in [6.07, 6.45) is -5.58. The third-order valence-corrected chi connectivity index (χ3v) is 8.27. The van der Waals surface area contributed by atoms with Crippen LogP contribution in [-0.2, 0) is 4.79 Å². The number of carbonyl (C=O) groups is 2. The van der Waals surface area contributed by atoms with Crippen LogP contribution in [0.3, 0.4) is 0 Å². The van der Waals surface area contributed by atoms with Crippen LogP contribution in [0.5, 0.6) is 0 Å². The lowest BCUT2D eigenvalue weighted by molar-refractivity contribution is -0.427. The van der Waals surface area contributed by atoms with E-state index in [1.54, 1.807) is 0 Å². The third-order valence-electron chi connectivity index (χ3n) is 8.27. The fourth-order valence-corrected chi connectivity index (χ4v) is 5.68. The highest BCUT2D eigenvalue weighted by Gasteiger charge is 2.72. The highest BCUT2D eigenvalue weighted by molar-refractivity contribution is 5.76. The van der Waals surface area contributed by atoms with Gasteiger partial charge in [-0.3, -0.25) is 19.0 Å². The van der Waals surface area contributed by atoms with Gasteiger partial charge in [0.1, 0.15) is 6.04 Å². The molecular formula is C25H42F4N4O7. The number of halogens is 4. The minimum atomic E-state index is -4.70. The Bertz CT molecular complexity index is 923. The molecule has 0 aromatic carbocycles. The molecule has 0 spiro atoms. The van der Waals surface area contributed by atoms with E-state index in [-0.39, 0.29) is 31.8 Å². The van der Waals surface area contributed by atoms with Gasteiger partial charge < -0.3 is 35.3 Å². The van der Waals surface area contributed by atoms with Gasteiger partial charge in [0.25, 0.3) is 0 Å². The number of piperazine rings is 1. The number of carbonyl (C=O) groups excluding carboxylic acids is 2. The van der Waals surface area contributed by atoms with Crippen molar-refractivity contribution >= 4 is 12.4 Å². The first-order valence-electron chi connectivity index (χ1n) is 13.1. The number of urea groups is 1. The van der Waals surface area contributed by atoms with Crippen LogP contribution in [0.1, 0.15) is 40.5 Å². The van der Waals surface area contributed by atoms with Gasteiger partial charge in [0.2, 0.25) is 18.0 Å². The maximum atomic E-state index is 13.8. The maximum absolute atomic E-state index is 13.8. The van der Waals surface area contributed by atoms with E-state index >= 15 is 0 Å². The van der Waals surface area contributed by atoms with Gasteiger partial charge >= 0.3 is 12.2 Å². The van der Waals surface area contributed by atoms with Crippen LogP contribution in [0.25, 0.3) is 0 Å². The maximum Gasteiger partial charge on any atom is 0.392 e. The average molecular weight is 587 g/mol. The van der Waals surface area contributed by atoms with Crippen LogP contribution in [0.2, 0.25) is 0 Å². The second kappa shape index (κ2) is 12.1. The minimum Gasteiger partial charge on any atom is -0.366 e. The smallest absolute Gasteiger partial charge is 0.366 e. The molecule has 232 valence electrons. The molecule has 2 saturated heterocycles. The van der Waals surface area contributed by atoms with Crippen molar-refractivity contribution in [2.75, 3.05) is 39.9 Å². The van der Waals surface area contributed by atoms with Gasteiger partial charge in [-0.1, -0.05) is 26.0 Å². The Morgan fingerprint density at radius 1 is 1.10 bits per heavy atom. The Morgan fingerprint density at radius 3 is 2.05 bits per heavy atom. The lowest BCUT2D eigenvalue weighted by Gasteiger charge is -2.63. The van der Waals surface area contributed by atoms with E-state index in [0.717, 1.165) is 11.8 Å². The molecule has 0 radical (unpaired) electrons. The first-order valence-corrected chi connectivity index (χ1v) is 13.1. The van der Waals surface area contributed by atoms with Crippen LogP contribution in [0, 0.1) is 11.8 Å². The monoisotopic (exact) mass is 586 g/mol. The van der Waals surface area contributed by atoms with Crippen molar-refractivity contribution in [3.8, 4) is 0 Å². The average Bonchev–Trinajstić information content (AvgIpc) is 2.83. The molecule has 0 aromatic rings. The zero-order valence-corrected chi connectivity index (χ0v) is 23.5.